The maximum Gasteiger partial charge on any atom is 0.162 e. The van der Waals surface area contributed by atoms with Crippen molar-refractivity contribution in [3.05, 3.63) is 51.1 Å². The van der Waals surface area contributed by atoms with E-state index in [0.29, 0.717) is 22.3 Å². The molecule has 94 valence electrons. The van der Waals surface area contributed by atoms with Crippen LogP contribution in [0, 0.1) is 6.92 Å². The molecule has 0 aliphatic heterocycles. The molecule has 1 heterocycles. The standard InChI is InChI=1S/C12H12Cl2N4/c1-7-8(6-12(16-15)18-17-7)5-9-10(13)3-2-4-11(9)14/h2-4,6H,5,15H2,1H3,(H,16,18). The number of nitrogen functional groups attached to an aromatic ring is 1. The molecule has 0 aliphatic carbocycles. The number of anilines is 1. The fourth-order valence-electron chi connectivity index (χ4n) is 1.63. The largest absolute Gasteiger partial charge is 0.307 e. The minimum absolute atomic E-state index is 0.513. The van der Waals surface area contributed by atoms with Crippen molar-refractivity contribution in [1.82, 2.24) is 10.2 Å². The van der Waals surface area contributed by atoms with Crippen molar-refractivity contribution in [3.63, 3.8) is 0 Å². The predicted octanol–water partition coefficient (Wildman–Crippen LogP) is 2.97. The van der Waals surface area contributed by atoms with Crippen molar-refractivity contribution in [2.75, 3.05) is 5.43 Å². The Labute approximate surface area is 115 Å². The number of nitrogens with zero attached hydrogens (tertiary/aromatic N) is 2. The summed E-state index contributed by atoms with van der Waals surface area (Å²) in [4.78, 5) is 0. The zero-order valence-corrected chi connectivity index (χ0v) is 11.3. The molecule has 0 bridgehead atoms. The Morgan fingerprint density at radius 3 is 2.50 bits per heavy atom. The van der Waals surface area contributed by atoms with Gasteiger partial charge in [0.25, 0.3) is 0 Å². The second-order valence-electron chi connectivity index (χ2n) is 3.86. The van der Waals surface area contributed by atoms with Crippen molar-refractivity contribution in [2.24, 2.45) is 5.84 Å². The zero-order chi connectivity index (χ0) is 13.1. The molecule has 1 aromatic carbocycles. The molecular formula is C12H12Cl2N4. The van der Waals surface area contributed by atoms with Gasteiger partial charge in [-0.2, -0.15) is 5.10 Å². The SMILES string of the molecule is Cc1nnc(NN)cc1Cc1c(Cl)cccc1Cl. The predicted molar refractivity (Wildman–Crippen MR) is 73.8 cm³/mol. The monoisotopic (exact) mass is 282 g/mol. The molecule has 18 heavy (non-hydrogen) atoms. The van der Waals surface area contributed by atoms with E-state index < -0.39 is 0 Å². The van der Waals surface area contributed by atoms with Crippen LogP contribution in [0.15, 0.2) is 24.3 Å². The molecule has 0 fully saturated rings. The number of hydrogen-bond donors (Lipinski definition) is 2. The van der Waals surface area contributed by atoms with E-state index in [1.165, 1.54) is 0 Å². The highest BCUT2D eigenvalue weighted by atomic mass is 35.5. The van der Waals surface area contributed by atoms with Crippen LogP contribution in [0.2, 0.25) is 10.0 Å². The lowest BCUT2D eigenvalue weighted by molar-refractivity contribution is 0.939. The number of rotatable bonds is 3. The molecule has 0 aliphatic rings. The van der Waals surface area contributed by atoms with Crippen molar-refractivity contribution >= 4 is 29.0 Å². The molecule has 0 saturated heterocycles. The van der Waals surface area contributed by atoms with Gasteiger partial charge in [-0.25, -0.2) is 5.84 Å². The Bertz CT molecular complexity index is 552. The van der Waals surface area contributed by atoms with Gasteiger partial charge >= 0.3 is 0 Å². The molecule has 2 rings (SSSR count). The maximum absolute atomic E-state index is 6.14. The van der Waals surface area contributed by atoms with Gasteiger partial charge in [-0.1, -0.05) is 29.3 Å². The van der Waals surface area contributed by atoms with Crippen LogP contribution in [-0.4, -0.2) is 10.2 Å². The number of nitrogens with two attached hydrogens (primary N) is 1. The number of nitrogens with one attached hydrogen (secondary N) is 1. The minimum atomic E-state index is 0.513. The summed E-state index contributed by atoms with van der Waals surface area (Å²) >= 11 is 12.3. The second-order valence-corrected chi connectivity index (χ2v) is 4.68. The van der Waals surface area contributed by atoms with Gasteiger partial charge in [-0.15, -0.1) is 5.10 Å². The van der Waals surface area contributed by atoms with Crippen LogP contribution in [0.25, 0.3) is 0 Å². The topological polar surface area (TPSA) is 63.8 Å². The maximum atomic E-state index is 6.14. The van der Waals surface area contributed by atoms with Gasteiger partial charge < -0.3 is 5.43 Å². The molecule has 3 N–H and O–H groups in total. The molecule has 1 aromatic heterocycles. The first kappa shape index (κ1) is 13.1. The number of halogens is 2. The van der Waals surface area contributed by atoms with Gasteiger partial charge in [-0.3, -0.25) is 0 Å². The first-order chi connectivity index (χ1) is 8.61. The van der Waals surface area contributed by atoms with Crippen molar-refractivity contribution in [3.8, 4) is 0 Å². The van der Waals surface area contributed by atoms with Crippen LogP contribution in [0.5, 0.6) is 0 Å². The van der Waals surface area contributed by atoms with Gasteiger partial charge in [0.05, 0.1) is 5.69 Å². The zero-order valence-electron chi connectivity index (χ0n) is 9.74. The summed E-state index contributed by atoms with van der Waals surface area (Å²) in [6.45, 7) is 1.88. The van der Waals surface area contributed by atoms with Crippen LogP contribution in [0.1, 0.15) is 16.8 Å². The summed E-state index contributed by atoms with van der Waals surface area (Å²) in [7, 11) is 0. The third-order valence-corrected chi connectivity index (χ3v) is 3.37. The summed E-state index contributed by atoms with van der Waals surface area (Å²) in [5.41, 5.74) is 5.15. The van der Waals surface area contributed by atoms with Crippen LogP contribution < -0.4 is 11.3 Å². The Balaban J connectivity index is 2.39. The number of hydrazine groups is 1. The Morgan fingerprint density at radius 2 is 1.89 bits per heavy atom. The van der Waals surface area contributed by atoms with Gasteiger partial charge in [0.15, 0.2) is 5.82 Å². The first-order valence-corrected chi connectivity index (χ1v) is 6.10. The average molecular weight is 283 g/mol. The lowest BCUT2D eigenvalue weighted by Gasteiger charge is -2.09. The molecule has 0 radical (unpaired) electrons. The Hall–Kier alpha value is -1.36. The van der Waals surface area contributed by atoms with Gasteiger partial charge in [0.1, 0.15) is 0 Å². The smallest absolute Gasteiger partial charge is 0.162 e. The third kappa shape index (κ3) is 2.72. The highest BCUT2D eigenvalue weighted by Gasteiger charge is 2.10. The Morgan fingerprint density at radius 1 is 1.22 bits per heavy atom. The van der Waals surface area contributed by atoms with E-state index in [0.717, 1.165) is 16.8 Å². The lowest BCUT2D eigenvalue weighted by Crippen LogP contribution is -2.11. The minimum Gasteiger partial charge on any atom is -0.307 e. The van der Waals surface area contributed by atoms with Crippen molar-refractivity contribution in [1.29, 1.82) is 0 Å². The van der Waals surface area contributed by atoms with Crippen molar-refractivity contribution in [2.45, 2.75) is 13.3 Å². The van der Waals surface area contributed by atoms with Gasteiger partial charge in [0.2, 0.25) is 0 Å². The van der Waals surface area contributed by atoms with Crippen LogP contribution in [-0.2, 0) is 6.42 Å². The van der Waals surface area contributed by atoms with Crippen LogP contribution in [0.4, 0.5) is 5.82 Å². The number of aromatic nitrogens is 2. The van der Waals surface area contributed by atoms with E-state index in [4.69, 9.17) is 29.0 Å². The summed E-state index contributed by atoms with van der Waals surface area (Å²) in [6, 6.07) is 7.28. The normalized spacial score (nSPS) is 10.4. The average Bonchev–Trinajstić information content (AvgIpc) is 2.36. The van der Waals surface area contributed by atoms with Crippen molar-refractivity contribution < 1.29 is 0 Å². The summed E-state index contributed by atoms with van der Waals surface area (Å²) in [6.07, 6.45) is 0.592. The fraction of sp³-hybridized carbons (Fsp3) is 0.167. The fourth-order valence-corrected chi connectivity index (χ4v) is 2.16. The molecule has 0 spiro atoms. The molecule has 0 amide bonds. The van der Waals surface area contributed by atoms with Crippen LogP contribution >= 0.6 is 23.2 Å². The molecule has 0 saturated carbocycles. The molecule has 6 heteroatoms. The Kier molecular flexibility index (Phi) is 4.01. The van der Waals surface area contributed by atoms with E-state index in [1.54, 1.807) is 0 Å². The van der Waals surface area contributed by atoms with E-state index in [2.05, 4.69) is 15.6 Å². The van der Waals surface area contributed by atoms with E-state index in [-0.39, 0.29) is 0 Å². The summed E-state index contributed by atoms with van der Waals surface area (Å²) in [5, 5.41) is 9.20. The van der Waals surface area contributed by atoms with Crippen LogP contribution in [0.3, 0.4) is 0 Å². The number of aryl methyl sites for hydroxylation is 1. The first-order valence-electron chi connectivity index (χ1n) is 5.34. The summed E-state index contributed by atoms with van der Waals surface area (Å²) in [5.74, 6) is 5.83. The molecule has 0 atom stereocenters. The van der Waals surface area contributed by atoms with E-state index in [9.17, 15) is 0 Å². The van der Waals surface area contributed by atoms with E-state index in [1.807, 2.05) is 31.2 Å². The quantitative estimate of drug-likeness (QED) is 0.671. The summed E-state index contributed by atoms with van der Waals surface area (Å²) < 4.78 is 0. The highest BCUT2D eigenvalue weighted by molar-refractivity contribution is 6.36. The molecule has 2 aromatic rings. The highest BCUT2D eigenvalue weighted by Crippen LogP contribution is 2.27. The lowest BCUT2D eigenvalue weighted by atomic mass is 10.0. The number of hydrogen-bond acceptors (Lipinski definition) is 4. The molecular weight excluding hydrogens is 271 g/mol. The molecule has 0 unspecified atom stereocenters. The third-order valence-electron chi connectivity index (χ3n) is 2.66. The molecule has 4 nitrogen and oxygen atoms in total. The van der Waals surface area contributed by atoms with E-state index >= 15 is 0 Å². The second kappa shape index (κ2) is 5.52. The van der Waals surface area contributed by atoms with Gasteiger partial charge in [0, 0.05) is 16.5 Å². The number of benzene rings is 1. The van der Waals surface area contributed by atoms with Gasteiger partial charge in [-0.05, 0) is 36.2 Å².